The number of carboxylic acid groups (broad SMARTS) is 1. The van der Waals surface area contributed by atoms with Gasteiger partial charge in [0.05, 0.1) is 66.9 Å². The summed E-state index contributed by atoms with van der Waals surface area (Å²) in [6.07, 6.45) is -0.632. The van der Waals surface area contributed by atoms with E-state index in [0.29, 0.717) is 12.8 Å². The number of fused-ring (bicyclic) bond motifs is 2. The zero-order chi connectivity index (χ0) is 40.9. The highest BCUT2D eigenvalue weighted by molar-refractivity contribution is 5.73. The summed E-state index contributed by atoms with van der Waals surface area (Å²) in [6, 6.07) is -1.12. The molecule has 3 aliphatic rings. The number of rotatable bonds is 6. The molecule has 55 heavy (non-hydrogen) atoms. The van der Waals surface area contributed by atoms with Gasteiger partial charge >= 0.3 is 11.9 Å². The average Bonchev–Trinajstić information content (AvgIpc) is 3.09. The van der Waals surface area contributed by atoms with E-state index in [9.17, 15) is 55.5 Å². The largest absolute Gasteiger partial charge is 0.481 e. The number of allylic oxidation sites excluding steroid dienone is 6. The molecule has 0 aliphatic carbocycles. The molecule has 2 bridgehead atoms. The molecule has 16 atom stereocenters. The van der Waals surface area contributed by atoms with Crippen LogP contribution in [0.3, 0.4) is 0 Å². The summed E-state index contributed by atoms with van der Waals surface area (Å²) >= 11 is 0. The molecule has 16 heteroatoms. The fourth-order valence-electron chi connectivity index (χ4n) is 7.11. The van der Waals surface area contributed by atoms with E-state index in [2.05, 4.69) is 0 Å². The minimum Gasteiger partial charge on any atom is -0.481 e. The van der Waals surface area contributed by atoms with Crippen LogP contribution in [-0.4, -0.2) is 143 Å². The Labute approximate surface area is 322 Å². The van der Waals surface area contributed by atoms with Crippen molar-refractivity contribution in [3.63, 3.8) is 0 Å². The third kappa shape index (κ3) is 14.7. The number of cyclic esters (lactones) is 1. The number of aliphatic hydroxyl groups excluding tert-OH is 7. The Bertz CT molecular complexity index is 1310. The quantitative estimate of drug-likeness (QED) is 0.164. The van der Waals surface area contributed by atoms with Crippen LogP contribution in [0.4, 0.5) is 0 Å². The van der Waals surface area contributed by atoms with E-state index in [-0.39, 0.29) is 25.7 Å². The first-order chi connectivity index (χ1) is 25.9. The maximum atomic E-state index is 12.9. The van der Waals surface area contributed by atoms with Crippen molar-refractivity contribution in [1.29, 1.82) is 0 Å². The molecule has 11 N–H and O–H groups in total. The molecular formula is C39H63NO15. The Morgan fingerprint density at radius 1 is 0.873 bits per heavy atom. The molecule has 3 rings (SSSR count). The van der Waals surface area contributed by atoms with E-state index < -0.39 is 122 Å². The molecule has 0 aromatic heterocycles. The number of unbranched alkanes of at least 4 members (excludes halogenated alkanes) is 1. The number of esters is 1. The van der Waals surface area contributed by atoms with Crippen LogP contribution in [0.5, 0.6) is 0 Å². The molecule has 314 valence electrons. The van der Waals surface area contributed by atoms with Gasteiger partial charge in [-0.05, 0) is 33.1 Å². The van der Waals surface area contributed by atoms with Crippen LogP contribution in [0.25, 0.3) is 0 Å². The van der Waals surface area contributed by atoms with E-state index in [1.54, 1.807) is 43.4 Å². The maximum absolute atomic E-state index is 12.9. The number of hydrogen-bond donors (Lipinski definition) is 10. The van der Waals surface area contributed by atoms with Gasteiger partial charge in [-0.3, -0.25) is 9.59 Å². The van der Waals surface area contributed by atoms with Crippen LogP contribution >= 0.6 is 0 Å². The predicted octanol–water partition coefficient (Wildman–Crippen LogP) is 0.465. The van der Waals surface area contributed by atoms with Crippen molar-refractivity contribution >= 4 is 11.9 Å². The fraction of sp³-hybridized carbons (Fsp3) is 0.744. The Kier molecular flexibility index (Phi) is 19.0. The van der Waals surface area contributed by atoms with Crippen molar-refractivity contribution in [2.45, 2.75) is 170 Å². The van der Waals surface area contributed by atoms with Crippen molar-refractivity contribution < 1.29 is 74.5 Å². The number of carboxylic acids is 1. The third-order valence-electron chi connectivity index (χ3n) is 10.4. The van der Waals surface area contributed by atoms with Crippen molar-refractivity contribution in [3.8, 4) is 0 Å². The highest BCUT2D eigenvalue weighted by Gasteiger charge is 2.51. The number of aliphatic carboxylic acids is 1. The topological polar surface area (TPSA) is 279 Å². The van der Waals surface area contributed by atoms with Crippen molar-refractivity contribution in [2.24, 2.45) is 17.6 Å². The van der Waals surface area contributed by atoms with Gasteiger partial charge in [-0.25, -0.2) is 0 Å². The van der Waals surface area contributed by atoms with Gasteiger partial charge in [-0.1, -0.05) is 68.4 Å². The second kappa shape index (κ2) is 22.4. The first-order valence-electron chi connectivity index (χ1n) is 19.3. The Balaban J connectivity index is 1.92. The number of carbonyl (C=O) groups excluding carboxylic acids is 1. The second-order valence-electron chi connectivity index (χ2n) is 15.2. The molecule has 16 nitrogen and oxygen atoms in total. The molecule has 0 saturated carbocycles. The zero-order valence-electron chi connectivity index (χ0n) is 31.9. The average molecular weight is 786 g/mol. The lowest BCUT2D eigenvalue weighted by molar-refractivity contribution is -0.308. The first-order valence-corrected chi connectivity index (χ1v) is 19.3. The standard InChI is InChI=1S/C39H63NO15/c1-4-5-13-27-14-11-9-7-6-8-10-12-15-28(54-38-35(47)33(40)34(46)23(3)52-38)19-31-32(36(48)49)30(45)21-39(51,55-31)20-26(43)17-24(41)16-25(42)18-29(44)22(2)37(50)53-27/h6-12,15,22-35,38,41-47,51H,4-5,13-14,16-21,40H2,1-3H3,(H,48,49)/b7-6+,10-8+,11-9+,15-12+. The number of aliphatic hydroxyl groups is 8. The van der Waals surface area contributed by atoms with Crippen LogP contribution in [0.15, 0.2) is 48.6 Å². The normalized spacial score (nSPS) is 44.4. The summed E-state index contributed by atoms with van der Waals surface area (Å²) in [6.45, 7) is 5.06. The highest BCUT2D eigenvalue weighted by Crippen LogP contribution is 2.38. The summed E-state index contributed by atoms with van der Waals surface area (Å²) in [7, 11) is 0. The molecule has 0 spiro atoms. The number of carbonyl (C=O) groups is 2. The summed E-state index contributed by atoms with van der Waals surface area (Å²) in [4.78, 5) is 25.3. The van der Waals surface area contributed by atoms with Gasteiger partial charge in [-0.15, -0.1) is 0 Å². The van der Waals surface area contributed by atoms with Crippen LogP contribution in [0.1, 0.15) is 85.0 Å². The van der Waals surface area contributed by atoms with Gasteiger partial charge in [0.25, 0.3) is 0 Å². The van der Waals surface area contributed by atoms with Gasteiger partial charge in [0.1, 0.15) is 18.1 Å². The molecule has 2 saturated heterocycles. The van der Waals surface area contributed by atoms with Gasteiger partial charge in [0.2, 0.25) is 0 Å². The third-order valence-corrected chi connectivity index (χ3v) is 10.4. The van der Waals surface area contributed by atoms with Gasteiger partial charge < -0.3 is 70.6 Å². The van der Waals surface area contributed by atoms with Gasteiger partial charge in [0.15, 0.2) is 12.1 Å². The monoisotopic (exact) mass is 785 g/mol. The Hall–Kier alpha value is -2.58. The predicted molar refractivity (Wildman–Crippen MR) is 198 cm³/mol. The van der Waals surface area contributed by atoms with E-state index in [1.807, 2.05) is 13.0 Å². The van der Waals surface area contributed by atoms with E-state index in [4.69, 9.17) is 24.7 Å². The minimum absolute atomic E-state index is 0.259. The molecule has 0 radical (unpaired) electrons. The number of ether oxygens (including phenoxy) is 4. The van der Waals surface area contributed by atoms with Gasteiger partial charge in [0, 0.05) is 32.1 Å². The Morgan fingerprint density at radius 2 is 1.51 bits per heavy atom. The van der Waals surface area contributed by atoms with Crippen molar-refractivity contribution in [3.05, 3.63) is 48.6 Å². The minimum atomic E-state index is -2.26. The molecule has 2 fully saturated rings. The number of nitrogens with two attached hydrogens (primary N) is 1. The van der Waals surface area contributed by atoms with Crippen LogP contribution in [0, 0.1) is 11.8 Å². The highest BCUT2D eigenvalue weighted by atomic mass is 16.7. The van der Waals surface area contributed by atoms with E-state index in [0.717, 1.165) is 12.8 Å². The maximum Gasteiger partial charge on any atom is 0.311 e. The smallest absolute Gasteiger partial charge is 0.311 e. The second-order valence-corrected chi connectivity index (χ2v) is 15.2. The first kappa shape index (κ1) is 46.8. The van der Waals surface area contributed by atoms with E-state index in [1.165, 1.54) is 13.0 Å². The molecule has 0 aromatic rings. The Morgan fingerprint density at radius 3 is 2.18 bits per heavy atom. The lowest BCUT2D eigenvalue weighted by Gasteiger charge is -2.45. The summed E-state index contributed by atoms with van der Waals surface area (Å²) in [5.41, 5.74) is 6.00. The molecule has 0 amide bonds. The molecule has 3 aliphatic heterocycles. The molecular weight excluding hydrogens is 722 g/mol. The molecule has 0 aromatic carbocycles. The molecule has 16 unspecified atom stereocenters. The van der Waals surface area contributed by atoms with Crippen LogP contribution in [0.2, 0.25) is 0 Å². The van der Waals surface area contributed by atoms with Crippen molar-refractivity contribution in [2.75, 3.05) is 0 Å². The number of hydrogen-bond acceptors (Lipinski definition) is 15. The van der Waals surface area contributed by atoms with Crippen molar-refractivity contribution in [1.82, 2.24) is 0 Å². The summed E-state index contributed by atoms with van der Waals surface area (Å²) < 4.78 is 23.4. The summed E-state index contributed by atoms with van der Waals surface area (Å²) in [5.74, 6) is -6.80. The lowest BCUT2D eigenvalue weighted by Crippen LogP contribution is -2.61. The zero-order valence-corrected chi connectivity index (χ0v) is 31.9. The van der Waals surface area contributed by atoms with Crippen LogP contribution < -0.4 is 5.73 Å². The summed E-state index contributed by atoms with van der Waals surface area (Å²) in [5, 5.41) is 96.4. The molecule has 3 heterocycles. The SMILES string of the molecule is CCCCC1C/C=C/C=C/C=C/C=C/C(OC2OC(C)C(O)C(N)C2O)CC2OC(O)(CC(O)CC(O)CC(O)CC(O)C(C)C(=O)O1)CC(O)C2C(=O)O. The lowest BCUT2D eigenvalue weighted by atomic mass is 9.82. The van der Waals surface area contributed by atoms with Gasteiger partial charge in [-0.2, -0.15) is 0 Å². The fourth-order valence-corrected chi connectivity index (χ4v) is 7.11. The van der Waals surface area contributed by atoms with E-state index >= 15 is 0 Å². The van der Waals surface area contributed by atoms with Crippen LogP contribution in [-0.2, 0) is 28.5 Å².